The molecule has 1 amide bonds. The van der Waals surface area contributed by atoms with Gasteiger partial charge < -0.3 is 10.2 Å². The standard InChI is InChI=1S/C22H24ClN5O3S/c1-2-9-24-20(30)15-4-3-10-27(11-15)22-26-19-18(32-22)21(31)28(13-25-19)12-17(29)14-5-7-16(23)8-6-14/h5-8,13,15H,2-4,9-12H2,1H3,(H,24,30). The molecule has 1 fully saturated rings. The normalized spacial score (nSPS) is 16.3. The number of carbonyl (C=O) groups is 2. The summed E-state index contributed by atoms with van der Waals surface area (Å²) in [7, 11) is 0. The number of aromatic nitrogens is 3. The fourth-order valence-corrected chi connectivity index (χ4v) is 4.85. The van der Waals surface area contributed by atoms with Crippen LogP contribution in [0.25, 0.3) is 10.3 Å². The summed E-state index contributed by atoms with van der Waals surface area (Å²) in [5.41, 5.74) is 0.546. The smallest absolute Gasteiger partial charge is 0.273 e. The van der Waals surface area contributed by atoms with Crippen LogP contribution < -0.4 is 15.8 Å². The molecule has 168 valence electrons. The van der Waals surface area contributed by atoms with Gasteiger partial charge in [0.1, 0.15) is 11.0 Å². The second-order valence-corrected chi connectivity index (χ2v) is 9.25. The number of nitrogens with one attached hydrogen (secondary N) is 1. The van der Waals surface area contributed by atoms with Gasteiger partial charge in [-0.25, -0.2) is 4.98 Å². The van der Waals surface area contributed by atoms with E-state index in [-0.39, 0.29) is 29.7 Å². The van der Waals surface area contributed by atoms with Crippen molar-refractivity contribution < 1.29 is 9.59 Å². The number of Topliss-reactive ketones (excluding diaryl/α,β-unsaturated/α-hetero) is 1. The Morgan fingerprint density at radius 1 is 1.28 bits per heavy atom. The first kappa shape index (κ1) is 22.4. The van der Waals surface area contributed by atoms with Crippen LogP contribution in [0, 0.1) is 5.92 Å². The predicted octanol–water partition coefficient (Wildman–Crippen LogP) is 3.13. The minimum Gasteiger partial charge on any atom is -0.356 e. The Labute approximate surface area is 194 Å². The van der Waals surface area contributed by atoms with Gasteiger partial charge in [-0.1, -0.05) is 29.9 Å². The lowest BCUT2D eigenvalue weighted by Crippen LogP contribution is -2.43. The average molecular weight is 474 g/mol. The second kappa shape index (κ2) is 9.79. The molecule has 10 heteroatoms. The zero-order valence-corrected chi connectivity index (χ0v) is 19.3. The molecule has 0 radical (unpaired) electrons. The molecule has 0 saturated carbocycles. The highest BCUT2D eigenvalue weighted by Crippen LogP contribution is 2.29. The molecular weight excluding hydrogens is 450 g/mol. The Bertz CT molecular complexity index is 1190. The molecule has 2 aromatic heterocycles. The summed E-state index contributed by atoms with van der Waals surface area (Å²) in [6.07, 6.45) is 3.99. The number of fused-ring (bicyclic) bond motifs is 1. The van der Waals surface area contributed by atoms with Crippen molar-refractivity contribution in [1.82, 2.24) is 19.9 Å². The van der Waals surface area contributed by atoms with Gasteiger partial charge in [0.05, 0.1) is 12.5 Å². The third-order valence-electron chi connectivity index (χ3n) is 5.46. The van der Waals surface area contributed by atoms with E-state index in [0.717, 1.165) is 25.8 Å². The lowest BCUT2D eigenvalue weighted by molar-refractivity contribution is -0.125. The first-order valence-electron chi connectivity index (χ1n) is 10.6. The fraction of sp³-hybridized carbons (Fsp3) is 0.409. The van der Waals surface area contributed by atoms with E-state index in [9.17, 15) is 14.4 Å². The van der Waals surface area contributed by atoms with Gasteiger partial charge >= 0.3 is 0 Å². The number of hydrogen-bond acceptors (Lipinski definition) is 7. The molecular formula is C22H24ClN5O3S. The van der Waals surface area contributed by atoms with Crippen molar-refractivity contribution in [1.29, 1.82) is 0 Å². The number of halogens is 1. The van der Waals surface area contributed by atoms with Crippen molar-refractivity contribution in [3.05, 3.63) is 51.5 Å². The van der Waals surface area contributed by atoms with Crippen LogP contribution in [0.3, 0.4) is 0 Å². The van der Waals surface area contributed by atoms with E-state index in [0.29, 0.717) is 39.2 Å². The van der Waals surface area contributed by atoms with Gasteiger partial charge in [0.25, 0.3) is 5.56 Å². The molecule has 3 heterocycles. The third kappa shape index (κ3) is 4.83. The summed E-state index contributed by atoms with van der Waals surface area (Å²) >= 11 is 7.13. The molecule has 4 rings (SSSR count). The van der Waals surface area contributed by atoms with Crippen molar-refractivity contribution in [2.24, 2.45) is 5.92 Å². The number of amides is 1. The van der Waals surface area contributed by atoms with Crippen LogP contribution in [0.15, 0.2) is 35.4 Å². The summed E-state index contributed by atoms with van der Waals surface area (Å²) in [6.45, 7) is 3.94. The van der Waals surface area contributed by atoms with Gasteiger partial charge in [-0.2, -0.15) is 4.98 Å². The zero-order chi connectivity index (χ0) is 22.7. The van der Waals surface area contributed by atoms with E-state index in [1.165, 1.54) is 22.2 Å². The van der Waals surface area contributed by atoms with Crippen LogP contribution >= 0.6 is 22.9 Å². The van der Waals surface area contributed by atoms with Gasteiger partial charge in [0.2, 0.25) is 5.91 Å². The SMILES string of the molecule is CCCNC(=O)C1CCCN(c2nc3ncn(CC(=O)c4ccc(Cl)cc4)c(=O)c3s2)C1. The molecule has 1 N–H and O–H groups in total. The van der Waals surface area contributed by atoms with E-state index in [4.69, 9.17) is 11.6 Å². The van der Waals surface area contributed by atoms with Crippen molar-refractivity contribution in [3.8, 4) is 0 Å². The molecule has 1 aliphatic heterocycles. The number of thiazole rings is 1. The van der Waals surface area contributed by atoms with Crippen molar-refractivity contribution in [2.75, 3.05) is 24.5 Å². The first-order valence-corrected chi connectivity index (χ1v) is 11.8. The van der Waals surface area contributed by atoms with Gasteiger partial charge in [-0.3, -0.25) is 19.0 Å². The topological polar surface area (TPSA) is 97.2 Å². The highest BCUT2D eigenvalue weighted by atomic mass is 35.5. The van der Waals surface area contributed by atoms with Gasteiger partial charge in [-0.15, -0.1) is 0 Å². The number of rotatable bonds is 7. The second-order valence-electron chi connectivity index (χ2n) is 7.83. The van der Waals surface area contributed by atoms with Crippen molar-refractivity contribution in [3.63, 3.8) is 0 Å². The number of nitrogens with zero attached hydrogens (tertiary/aromatic N) is 4. The maximum atomic E-state index is 13.0. The lowest BCUT2D eigenvalue weighted by atomic mass is 9.97. The maximum Gasteiger partial charge on any atom is 0.273 e. The number of ketones is 1. The Morgan fingerprint density at radius 3 is 2.81 bits per heavy atom. The van der Waals surface area contributed by atoms with Crippen molar-refractivity contribution in [2.45, 2.75) is 32.7 Å². The van der Waals surface area contributed by atoms with Gasteiger partial charge in [0.15, 0.2) is 16.6 Å². The third-order valence-corrected chi connectivity index (χ3v) is 6.81. The number of hydrogen-bond donors (Lipinski definition) is 1. The summed E-state index contributed by atoms with van der Waals surface area (Å²) in [5, 5.41) is 4.19. The number of piperidine rings is 1. The monoisotopic (exact) mass is 473 g/mol. The minimum atomic E-state index is -0.296. The summed E-state index contributed by atoms with van der Waals surface area (Å²) in [6, 6.07) is 6.55. The summed E-state index contributed by atoms with van der Waals surface area (Å²) in [4.78, 5) is 48.8. The molecule has 1 atom stereocenters. The van der Waals surface area contributed by atoms with Crippen LogP contribution in [0.4, 0.5) is 5.13 Å². The van der Waals surface area contributed by atoms with E-state index in [1.54, 1.807) is 24.3 Å². The molecule has 3 aromatic rings. The Hall–Kier alpha value is -2.78. The number of benzene rings is 1. The number of anilines is 1. The highest BCUT2D eigenvalue weighted by Gasteiger charge is 2.27. The molecule has 0 aliphatic carbocycles. The number of carbonyl (C=O) groups excluding carboxylic acids is 2. The highest BCUT2D eigenvalue weighted by molar-refractivity contribution is 7.22. The maximum absolute atomic E-state index is 13.0. The van der Waals surface area contributed by atoms with Crippen LogP contribution in [0.2, 0.25) is 5.02 Å². The minimum absolute atomic E-state index is 0.0684. The molecule has 1 aromatic carbocycles. The van der Waals surface area contributed by atoms with Crippen LogP contribution in [0.1, 0.15) is 36.5 Å². The van der Waals surface area contributed by atoms with Crippen LogP contribution in [-0.2, 0) is 11.3 Å². The molecule has 0 bridgehead atoms. The predicted molar refractivity (Wildman–Crippen MR) is 126 cm³/mol. The molecule has 1 unspecified atom stereocenters. The van der Waals surface area contributed by atoms with E-state index in [2.05, 4.69) is 20.2 Å². The van der Waals surface area contributed by atoms with Crippen molar-refractivity contribution >= 4 is 50.1 Å². The molecule has 1 saturated heterocycles. The molecule has 8 nitrogen and oxygen atoms in total. The van der Waals surface area contributed by atoms with E-state index >= 15 is 0 Å². The molecule has 0 spiro atoms. The van der Waals surface area contributed by atoms with Gasteiger partial charge in [-0.05, 0) is 43.5 Å². The van der Waals surface area contributed by atoms with Gasteiger partial charge in [0, 0.05) is 30.2 Å². The van der Waals surface area contributed by atoms with Crippen LogP contribution in [-0.4, -0.2) is 45.9 Å². The Kier molecular flexibility index (Phi) is 6.86. The zero-order valence-electron chi connectivity index (χ0n) is 17.7. The average Bonchev–Trinajstić information content (AvgIpc) is 3.25. The Morgan fingerprint density at radius 2 is 2.06 bits per heavy atom. The lowest BCUT2D eigenvalue weighted by Gasteiger charge is -2.31. The molecule has 32 heavy (non-hydrogen) atoms. The summed E-state index contributed by atoms with van der Waals surface area (Å²) in [5.74, 6) is -0.227. The molecule has 1 aliphatic rings. The van der Waals surface area contributed by atoms with E-state index < -0.39 is 0 Å². The van der Waals surface area contributed by atoms with E-state index in [1.807, 2.05) is 6.92 Å². The largest absolute Gasteiger partial charge is 0.356 e. The fourth-order valence-electron chi connectivity index (χ4n) is 3.72. The summed E-state index contributed by atoms with van der Waals surface area (Å²) < 4.78 is 1.71. The quantitative estimate of drug-likeness (QED) is 0.529. The Balaban J connectivity index is 1.52. The first-order chi connectivity index (χ1) is 15.5. The van der Waals surface area contributed by atoms with Crippen LogP contribution in [0.5, 0.6) is 0 Å².